The van der Waals surface area contributed by atoms with Crippen molar-refractivity contribution >= 4 is 17.9 Å². The Kier molecular flexibility index (Phi) is 2.74. The molecule has 16 heavy (non-hydrogen) atoms. The number of aromatic nitrogens is 2. The van der Waals surface area contributed by atoms with Gasteiger partial charge in [0.15, 0.2) is 4.77 Å². The predicted octanol–water partition coefficient (Wildman–Crippen LogP) is 2.71. The summed E-state index contributed by atoms with van der Waals surface area (Å²) in [5.41, 5.74) is 1.47. The largest absolute Gasteiger partial charge is 0.330 e. The van der Waals surface area contributed by atoms with Crippen LogP contribution >= 0.6 is 12.2 Å². The third kappa shape index (κ3) is 2.12. The molecule has 5 nitrogen and oxygen atoms in total. The van der Waals surface area contributed by atoms with Crippen LogP contribution in [0.15, 0.2) is 36.5 Å². The molecule has 2 rings (SSSR count). The van der Waals surface area contributed by atoms with Crippen LogP contribution in [0.25, 0.3) is 11.3 Å². The van der Waals surface area contributed by atoms with Crippen molar-refractivity contribution in [1.82, 2.24) is 9.97 Å². The second kappa shape index (κ2) is 4.19. The summed E-state index contributed by atoms with van der Waals surface area (Å²) in [6.45, 7) is 0. The highest BCUT2D eigenvalue weighted by atomic mass is 32.1. The van der Waals surface area contributed by atoms with E-state index in [0.29, 0.717) is 16.0 Å². The third-order valence-electron chi connectivity index (χ3n) is 2.04. The first-order chi connectivity index (χ1) is 7.66. The van der Waals surface area contributed by atoms with Gasteiger partial charge in [0.1, 0.15) is 0 Å². The molecule has 0 saturated carbocycles. The third-order valence-corrected chi connectivity index (χ3v) is 2.25. The number of nitro groups is 1. The van der Waals surface area contributed by atoms with Gasteiger partial charge in [0, 0.05) is 29.6 Å². The minimum atomic E-state index is -0.431. The molecule has 0 bridgehead atoms. The average molecular weight is 233 g/mol. The van der Waals surface area contributed by atoms with Crippen molar-refractivity contribution < 1.29 is 4.92 Å². The predicted molar refractivity (Wildman–Crippen MR) is 61.5 cm³/mol. The van der Waals surface area contributed by atoms with Crippen LogP contribution in [0.1, 0.15) is 0 Å². The summed E-state index contributed by atoms with van der Waals surface area (Å²) < 4.78 is 0.351. The summed E-state index contributed by atoms with van der Waals surface area (Å²) >= 11 is 4.88. The highest BCUT2D eigenvalue weighted by Crippen LogP contribution is 2.21. The Labute approximate surface area is 95.9 Å². The molecule has 1 heterocycles. The summed E-state index contributed by atoms with van der Waals surface area (Å²) in [6.07, 6.45) is 1.56. The second-order valence-electron chi connectivity index (χ2n) is 3.10. The van der Waals surface area contributed by atoms with Gasteiger partial charge in [0.25, 0.3) is 5.69 Å². The van der Waals surface area contributed by atoms with E-state index in [1.165, 1.54) is 12.1 Å². The van der Waals surface area contributed by atoms with Gasteiger partial charge in [-0.1, -0.05) is 12.1 Å². The van der Waals surface area contributed by atoms with Gasteiger partial charge in [0.2, 0.25) is 0 Å². The van der Waals surface area contributed by atoms with E-state index in [1.54, 1.807) is 24.4 Å². The molecule has 1 aromatic carbocycles. The summed E-state index contributed by atoms with van der Waals surface area (Å²) in [4.78, 5) is 16.9. The maximum Gasteiger partial charge on any atom is 0.270 e. The monoisotopic (exact) mass is 233 g/mol. The van der Waals surface area contributed by atoms with E-state index < -0.39 is 4.92 Å². The Hall–Kier alpha value is -2.08. The minimum absolute atomic E-state index is 0.0497. The Balaban J connectivity index is 2.52. The van der Waals surface area contributed by atoms with Gasteiger partial charge < -0.3 is 4.98 Å². The highest BCUT2D eigenvalue weighted by molar-refractivity contribution is 7.71. The van der Waals surface area contributed by atoms with Crippen molar-refractivity contribution in [2.45, 2.75) is 0 Å². The van der Waals surface area contributed by atoms with E-state index >= 15 is 0 Å². The molecule has 2 aromatic rings. The van der Waals surface area contributed by atoms with Crippen molar-refractivity contribution in [3.8, 4) is 11.3 Å². The number of aromatic amines is 1. The normalized spacial score (nSPS) is 10.0. The molecule has 6 heteroatoms. The van der Waals surface area contributed by atoms with E-state index in [0.717, 1.165) is 0 Å². The van der Waals surface area contributed by atoms with E-state index in [-0.39, 0.29) is 5.69 Å². The standard InChI is InChI=1S/C10H7N3O2S/c14-13(15)8-3-1-2-7(6-8)9-4-5-11-10(16)12-9/h1-6H,(H,11,12,16). The Morgan fingerprint density at radius 2 is 2.19 bits per heavy atom. The molecular formula is C10H7N3O2S. The van der Waals surface area contributed by atoms with Crippen LogP contribution in [0, 0.1) is 14.9 Å². The molecule has 0 amide bonds. The minimum Gasteiger partial charge on any atom is -0.330 e. The smallest absolute Gasteiger partial charge is 0.270 e. The number of H-pyrrole nitrogens is 1. The zero-order valence-electron chi connectivity index (χ0n) is 8.08. The summed E-state index contributed by atoms with van der Waals surface area (Å²) in [6, 6.07) is 8.05. The van der Waals surface area contributed by atoms with Crippen LogP contribution in [-0.4, -0.2) is 14.9 Å². The van der Waals surface area contributed by atoms with Crippen molar-refractivity contribution in [2.24, 2.45) is 0 Å². The lowest BCUT2D eigenvalue weighted by molar-refractivity contribution is -0.384. The van der Waals surface area contributed by atoms with E-state index in [1.807, 2.05) is 0 Å². The first-order valence-corrected chi connectivity index (χ1v) is 4.88. The quantitative estimate of drug-likeness (QED) is 0.491. The summed E-state index contributed by atoms with van der Waals surface area (Å²) in [5, 5.41) is 10.6. The van der Waals surface area contributed by atoms with Gasteiger partial charge in [-0.3, -0.25) is 10.1 Å². The van der Waals surface area contributed by atoms with Gasteiger partial charge in [-0.05, 0) is 18.3 Å². The van der Waals surface area contributed by atoms with Crippen LogP contribution in [0.4, 0.5) is 5.69 Å². The molecule has 0 radical (unpaired) electrons. The summed E-state index contributed by atoms with van der Waals surface area (Å²) in [7, 11) is 0. The number of rotatable bonds is 2. The van der Waals surface area contributed by atoms with Crippen LogP contribution in [0.5, 0.6) is 0 Å². The molecule has 1 aromatic heterocycles. The van der Waals surface area contributed by atoms with E-state index in [9.17, 15) is 10.1 Å². The Bertz CT molecular complexity index is 594. The molecule has 80 valence electrons. The van der Waals surface area contributed by atoms with Crippen molar-refractivity contribution in [1.29, 1.82) is 0 Å². The van der Waals surface area contributed by atoms with Gasteiger partial charge >= 0.3 is 0 Å². The molecule has 0 fully saturated rings. The lowest BCUT2D eigenvalue weighted by Gasteiger charge is -2.00. The van der Waals surface area contributed by atoms with Crippen molar-refractivity contribution in [2.75, 3.05) is 0 Å². The number of nitrogens with zero attached hydrogens (tertiary/aromatic N) is 2. The molecule has 0 spiro atoms. The fourth-order valence-corrected chi connectivity index (χ4v) is 1.49. The number of non-ortho nitro benzene ring substituents is 1. The molecule has 0 aliphatic carbocycles. The van der Waals surface area contributed by atoms with E-state index in [2.05, 4.69) is 9.97 Å². The van der Waals surface area contributed by atoms with Crippen LogP contribution in [0.2, 0.25) is 0 Å². The molecule has 1 N–H and O–H groups in total. The van der Waals surface area contributed by atoms with Crippen molar-refractivity contribution in [3.63, 3.8) is 0 Å². The van der Waals surface area contributed by atoms with Crippen molar-refractivity contribution in [3.05, 3.63) is 51.4 Å². The Morgan fingerprint density at radius 1 is 1.38 bits per heavy atom. The first kappa shape index (κ1) is 10.4. The topological polar surface area (TPSA) is 71.8 Å². The van der Waals surface area contributed by atoms with Gasteiger partial charge in [-0.25, -0.2) is 4.98 Å². The molecule has 0 unspecified atom stereocenters. The average Bonchev–Trinajstić information content (AvgIpc) is 2.29. The van der Waals surface area contributed by atoms with Crippen LogP contribution in [-0.2, 0) is 0 Å². The number of hydrogen-bond donors (Lipinski definition) is 1. The SMILES string of the molecule is O=[N+]([O-])c1cccc(-c2ccnc(=S)[nH]2)c1. The van der Waals surface area contributed by atoms with Gasteiger partial charge in [0.05, 0.1) is 4.92 Å². The molecule has 0 saturated heterocycles. The highest BCUT2D eigenvalue weighted by Gasteiger charge is 2.06. The number of nitrogens with one attached hydrogen (secondary N) is 1. The molecular weight excluding hydrogens is 226 g/mol. The lowest BCUT2D eigenvalue weighted by Crippen LogP contribution is -1.90. The molecule has 0 aliphatic rings. The molecule has 0 atom stereocenters. The van der Waals surface area contributed by atoms with E-state index in [4.69, 9.17) is 12.2 Å². The van der Waals surface area contributed by atoms with Crippen LogP contribution in [0.3, 0.4) is 0 Å². The fourth-order valence-electron chi connectivity index (χ4n) is 1.32. The lowest BCUT2D eigenvalue weighted by atomic mass is 10.1. The summed E-state index contributed by atoms with van der Waals surface area (Å²) in [5.74, 6) is 0. The first-order valence-electron chi connectivity index (χ1n) is 4.47. The van der Waals surface area contributed by atoms with Gasteiger partial charge in [-0.2, -0.15) is 0 Å². The number of hydrogen-bond acceptors (Lipinski definition) is 4. The number of nitro benzene ring substituents is 1. The molecule has 0 aliphatic heterocycles. The Morgan fingerprint density at radius 3 is 2.88 bits per heavy atom. The zero-order valence-corrected chi connectivity index (χ0v) is 8.90. The fraction of sp³-hybridized carbons (Fsp3) is 0. The number of benzene rings is 1. The van der Waals surface area contributed by atoms with Gasteiger partial charge in [-0.15, -0.1) is 0 Å². The second-order valence-corrected chi connectivity index (χ2v) is 3.48. The zero-order chi connectivity index (χ0) is 11.5. The maximum absolute atomic E-state index is 10.6. The van der Waals surface area contributed by atoms with Crippen LogP contribution < -0.4 is 0 Å². The maximum atomic E-state index is 10.6.